The number of hydrogen-bond acceptors (Lipinski definition) is 5. The number of carbonyl (C=O) groups excluding carboxylic acids is 1. The molecule has 31 heavy (non-hydrogen) atoms. The standard InChI is InChI=1S/C21H23FN4O4S/c1-14(2)25-31(29,30)12-16-5-3-15(4-6-16)10-23-20(27)11-26-13-24-19-8-7-17(22)9-18(19)21(26)28/h3-9,13-14,25H,10-12H2,1-2H3,(H,23,27). The van der Waals surface area contributed by atoms with Crippen LogP contribution in [0.3, 0.4) is 0 Å². The van der Waals surface area contributed by atoms with Crippen molar-refractivity contribution in [1.29, 1.82) is 0 Å². The molecule has 0 aliphatic heterocycles. The van der Waals surface area contributed by atoms with Gasteiger partial charge in [-0.2, -0.15) is 0 Å². The van der Waals surface area contributed by atoms with Gasteiger partial charge in [-0.3, -0.25) is 14.2 Å². The summed E-state index contributed by atoms with van der Waals surface area (Å²) in [6, 6.07) is 10.4. The Morgan fingerprint density at radius 3 is 2.48 bits per heavy atom. The van der Waals surface area contributed by atoms with Crippen molar-refractivity contribution in [2.75, 3.05) is 0 Å². The maximum absolute atomic E-state index is 13.4. The van der Waals surface area contributed by atoms with Gasteiger partial charge >= 0.3 is 0 Å². The Bertz CT molecular complexity index is 1250. The highest BCUT2D eigenvalue weighted by atomic mass is 32.2. The van der Waals surface area contributed by atoms with Crippen LogP contribution in [0.25, 0.3) is 10.9 Å². The summed E-state index contributed by atoms with van der Waals surface area (Å²) >= 11 is 0. The van der Waals surface area contributed by atoms with E-state index < -0.39 is 27.3 Å². The first kappa shape index (κ1) is 22.6. The van der Waals surface area contributed by atoms with Gasteiger partial charge in [0.15, 0.2) is 0 Å². The van der Waals surface area contributed by atoms with Crippen molar-refractivity contribution >= 4 is 26.8 Å². The van der Waals surface area contributed by atoms with Gasteiger partial charge in [-0.25, -0.2) is 22.5 Å². The highest BCUT2D eigenvalue weighted by Crippen LogP contribution is 2.09. The van der Waals surface area contributed by atoms with Gasteiger partial charge in [0.05, 0.1) is 23.0 Å². The fourth-order valence-corrected chi connectivity index (χ4v) is 4.46. The van der Waals surface area contributed by atoms with Crippen molar-refractivity contribution in [3.8, 4) is 0 Å². The first-order valence-corrected chi connectivity index (χ1v) is 11.3. The van der Waals surface area contributed by atoms with E-state index in [1.165, 1.54) is 18.5 Å². The Hall–Kier alpha value is -3.11. The molecule has 10 heteroatoms. The summed E-state index contributed by atoms with van der Waals surface area (Å²) in [5, 5.41) is 2.80. The van der Waals surface area contributed by atoms with E-state index in [1.807, 2.05) is 0 Å². The lowest BCUT2D eigenvalue weighted by atomic mass is 10.1. The second-order valence-corrected chi connectivity index (χ2v) is 9.22. The molecule has 0 fully saturated rings. The van der Waals surface area contributed by atoms with Crippen LogP contribution in [0.15, 0.2) is 53.6 Å². The van der Waals surface area contributed by atoms with Crippen molar-refractivity contribution in [3.63, 3.8) is 0 Å². The maximum atomic E-state index is 13.4. The van der Waals surface area contributed by atoms with Gasteiger partial charge in [0.25, 0.3) is 5.56 Å². The van der Waals surface area contributed by atoms with Gasteiger partial charge in [0.1, 0.15) is 12.4 Å². The molecule has 3 aromatic rings. The number of fused-ring (bicyclic) bond motifs is 1. The van der Waals surface area contributed by atoms with E-state index in [4.69, 9.17) is 0 Å². The Balaban J connectivity index is 1.59. The number of hydrogen-bond donors (Lipinski definition) is 2. The molecule has 0 bridgehead atoms. The molecule has 0 aliphatic carbocycles. The molecule has 0 atom stereocenters. The Morgan fingerprint density at radius 2 is 1.81 bits per heavy atom. The molecule has 1 aromatic heterocycles. The first-order chi connectivity index (χ1) is 14.6. The molecule has 0 aliphatic rings. The van der Waals surface area contributed by atoms with Gasteiger partial charge in [-0.1, -0.05) is 24.3 Å². The summed E-state index contributed by atoms with van der Waals surface area (Å²) in [7, 11) is -3.41. The minimum absolute atomic E-state index is 0.104. The number of rotatable bonds is 8. The molecule has 0 unspecified atom stereocenters. The van der Waals surface area contributed by atoms with Crippen molar-refractivity contribution in [2.45, 2.75) is 38.7 Å². The predicted octanol–water partition coefficient (Wildman–Crippen LogP) is 1.68. The molecule has 0 spiro atoms. The Morgan fingerprint density at radius 1 is 1.13 bits per heavy atom. The van der Waals surface area contributed by atoms with Crippen LogP contribution in [0.5, 0.6) is 0 Å². The molecular weight excluding hydrogens is 423 g/mol. The van der Waals surface area contributed by atoms with E-state index in [0.29, 0.717) is 11.1 Å². The molecule has 0 radical (unpaired) electrons. The molecule has 8 nitrogen and oxygen atoms in total. The number of carbonyl (C=O) groups is 1. The fourth-order valence-electron chi connectivity index (χ4n) is 3.03. The van der Waals surface area contributed by atoms with Crippen LogP contribution in [-0.4, -0.2) is 29.9 Å². The van der Waals surface area contributed by atoms with Crippen LogP contribution in [0.2, 0.25) is 0 Å². The van der Waals surface area contributed by atoms with Gasteiger partial charge < -0.3 is 5.32 Å². The third-order valence-electron chi connectivity index (χ3n) is 4.38. The van der Waals surface area contributed by atoms with E-state index in [0.717, 1.165) is 16.2 Å². The number of aromatic nitrogens is 2. The molecular formula is C21H23FN4O4S. The molecule has 164 valence electrons. The van der Waals surface area contributed by atoms with Crippen LogP contribution < -0.4 is 15.6 Å². The second kappa shape index (κ2) is 9.36. The lowest BCUT2D eigenvalue weighted by Crippen LogP contribution is -2.32. The quantitative estimate of drug-likeness (QED) is 0.547. The number of halogens is 1. The summed E-state index contributed by atoms with van der Waals surface area (Å²) in [6.45, 7) is 3.46. The normalized spacial score (nSPS) is 11.7. The highest BCUT2D eigenvalue weighted by molar-refractivity contribution is 7.88. The van der Waals surface area contributed by atoms with E-state index in [-0.39, 0.29) is 30.3 Å². The number of sulfonamides is 1. The monoisotopic (exact) mass is 446 g/mol. The summed E-state index contributed by atoms with van der Waals surface area (Å²) < 4.78 is 41.0. The lowest BCUT2D eigenvalue weighted by Gasteiger charge is -2.10. The van der Waals surface area contributed by atoms with E-state index >= 15 is 0 Å². The smallest absolute Gasteiger partial charge is 0.261 e. The van der Waals surface area contributed by atoms with Crippen LogP contribution in [0.1, 0.15) is 25.0 Å². The summed E-state index contributed by atoms with van der Waals surface area (Å²) in [5.41, 5.74) is 1.26. The Labute approximate surface area is 179 Å². The van der Waals surface area contributed by atoms with Crippen LogP contribution >= 0.6 is 0 Å². The topological polar surface area (TPSA) is 110 Å². The van der Waals surface area contributed by atoms with Crippen LogP contribution in [0, 0.1) is 5.82 Å². The Kier molecular flexibility index (Phi) is 6.81. The molecule has 1 amide bonds. The third-order valence-corrected chi connectivity index (χ3v) is 5.93. The summed E-state index contributed by atoms with van der Waals surface area (Å²) in [6.07, 6.45) is 1.25. The zero-order valence-corrected chi connectivity index (χ0v) is 17.9. The number of nitrogens with zero attached hydrogens (tertiary/aromatic N) is 2. The zero-order chi connectivity index (χ0) is 22.6. The number of benzene rings is 2. The molecule has 1 heterocycles. The van der Waals surface area contributed by atoms with Crippen molar-refractivity contribution in [1.82, 2.24) is 19.6 Å². The van der Waals surface area contributed by atoms with Gasteiger partial charge in [0, 0.05) is 12.6 Å². The SMILES string of the molecule is CC(C)NS(=O)(=O)Cc1ccc(CNC(=O)Cn2cnc3ccc(F)cc3c2=O)cc1. The fraction of sp³-hybridized carbons (Fsp3) is 0.286. The molecule has 3 rings (SSSR count). The largest absolute Gasteiger partial charge is 0.350 e. The third kappa shape index (κ3) is 6.19. The van der Waals surface area contributed by atoms with Crippen molar-refractivity contribution in [3.05, 3.63) is 76.1 Å². The van der Waals surface area contributed by atoms with Gasteiger partial charge in [-0.15, -0.1) is 0 Å². The van der Waals surface area contributed by atoms with Gasteiger partial charge in [0.2, 0.25) is 15.9 Å². The van der Waals surface area contributed by atoms with Crippen molar-refractivity contribution in [2.24, 2.45) is 0 Å². The maximum Gasteiger partial charge on any atom is 0.261 e. The molecule has 0 saturated carbocycles. The summed E-state index contributed by atoms with van der Waals surface area (Å²) in [5.74, 6) is -1.09. The average Bonchev–Trinajstić information content (AvgIpc) is 2.69. The van der Waals surface area contributed by atoms with Crippen LogP contribution in [0.4, 0.5) is 4.39 Å². The van der Waals surface area contributed by atoms with E-state index in [9.17, 15) is 22.4 Å². The van der Waals surface area contributed by atoms with Crippen LogP contribution in [-0.2, 0) is 33.7 Å². The minimum Gasteiger partial charge on any atom is -0.350 e. The second-order valence-electron chi connectivity index (χ2n) is 7.46. The lowest BCUT2D eigenvalue weighted by molar-refractivity contribution is -0.121. The summed E-state index contributed by atoms with van der Waals surface area (Å²) in [4.78, 5) is 28.7. The zero-order valence-electron chi connectivity index (χ0n) is 17.1. The van der Waals surface area contributed by atoms with E-state index in [1.54, 1.807) is 38.1 Å². The average molecular weight is 447 g/mol. The minimum atomic E-state index is -3.41. The first-order valence-electron chi connectivity index (χ1n) is 9.62. The number of amides is 1. The molecule has 2 aromatic carbocycles. The predicted molar refractivity (Wildman–Crippen MR) is 115 cm³/mol. The molecule has 2 N–H and O–H groups in total. The number of nitrogens with one attached hydrogen (secondary N) is 2. The molecule has 0 saturated heterocycles. The highest BCUT2D eigenvalue weighted by Gasteiger charge is 2.13. The van der Waals surface area contributed by atoms with Crippen molar-refractivity contribution < 1.29 is 17.6 Å². The van der Waals surface area contributed by atoms with Gasteiger partial charge in [-0.05, 0) is 43.2 Å². The van der Waals surface area contributed by atoms with E-state index in [2.05, 4.69) is 15.0 Å².